The summed E-state index contributed by atoms with van der Waals surface area (Å²) in [5.41, 5.74) is 7.88. The number of hydrogen-bond acceptors (Lipinski definition) is 1. The Balaban J connectivity index is 2.46. The molecule has 0 saturated carbocycles. The van der Waals surface area contributed by atoms with Crippen LogP contribution >= 0.6 is 0 Å². The molecule has 3 heteroatoms. The topological polar surface area (TPSA) is 53.1 Å². The van der Waals surface area contributed by atoms with Crippen molar-refractivity contribution in [2.75, 3.05) is 4.90 Å². The highest BCUT2D eigenvalue weighted by molar-refractivity contribution is 5.95. The molecule has 0 aromatic heterocycles. The minimum Gasteiger partial charge on any atom is -0.370 e. The van der Waals surface area contributed by atoms with E-state index >= 15 is 0 Å². The summed E-state index contributed by atoms with van der Waals surface area (Å²) < 4.78 is 0. The van der Waals surface area contributed by atoms with E-state index in [1.807, 2.05) is 23.1 Å². The molecule has 0 saturated heterocycles. The first kappa shape index (κ1) is 8.10. The van der Waals surface area contributed by atoms with Crippen LogP contribution in [0.1, 0.15) is 12.5 Å². The number of fused-ring (bicyclic) bond motifs is 1. The van der Waals surface area contributed by atoms with Gasteiger partial charge in [0.2, 0.25) is 0 Å². The molecule has 0 fully saturated rings. The number of para-hydroxylation sites is 1. The van der Waals surface area contributed by atoms with Gasteiger partial charge in [-0.1, -0.05) is 18.2 Å². The smallest absolute Gasteiger partial charge is 0.193 e. The first-order valence-corrected chi connectivity index (χ1v) is 4.41. The summed E-state index contributed by atoms with van der Waals surface area (Å²) in [5.74, 6) is 0.137. The third-order valence-electron chi connectivity index (χ3n) is 2.47. The monoisotopic (exact) mass is 175 g/mol. The zero-order valence-electron chi connectivity index (χ0n) is 7.62. The van der Waals surface area contributed by atoms with Gasteiger partial charge < -0.3 is 10.6 Å². The Labute approximate surface area is 77.7 Å². The Morgan fingerprint density at radius 2 is 2.23 bits per heavy atom. The molecule has 0 amide bonds. The number of anilines is 1. The van der Waals surface area contributed by atoms with E-state index in [-0.39, 0.29) is 5.96 Å². The summed E-state index contributed by atoms with van der Waals surface area (Å²) in [5, 5.41) is 7.46. The van der Waals surface area contributed by atoms with Crippen LogP contribution < -0.4 is 10.6 Å². The van der Waals surface area contributed by atoms with E-state index in [2.05, 4.69) is 13.0 Å². The summed E-state index contributed by atoms with van der Waals surface area (Å²) in [6, 6.07) is 8.42. The molecule has 1 aromatic carbocycles. The van der Waals surface area contributed by atoms with Crippen molar-refractivity contribution in [3.05, 3.63) is 29.8 Å². The standard InChI is InChI=1S/C10H13N3/c1-7-6-8-4-2-3-5-9(8)13(7)10(11)12/h2-5,7H,6H2,1H3,(H3,11,12)/t7-/m1/s1. The van der Waals surface area contributed by atoms with Gasteiger partial charge >= 0.3 is 0 Å². The van der Waals surface area contributed by atoms with Gasteiger partial charge in [0, 0.05) is 11.7 Å². The van der Waals surface area contributed by atoms with Crippen molar-refractivity contribution in [2.45, 2.75) is 19.4 Å². The molecule has 2 rings (SSSR count). The van der Waals surface area contributed by atoms with Gasteiger partial charge in [-0.05, 0) is 25.0 Å². The van der Waals surface area contributed by atoms with Crippen LogP contribution in [0.15, 0.2) is 24.3 Å². The van der Waals surface area contributed by atoms with Crippen molar-refractivity contribution in [3.63, 3.8) is 0 Å². The molecule has 0 radical (unpaired) electrons. The van der Waals surface area contributed by atoms with Crippen molar-refractivity contribution in [1.29, 1.82) is 5.41 Å². The zero-order chi connectivity index (χ0) is 9.42. The van der Waals surface area contributed by atoms with Crippen LogP contribution in [0.2, 0.25) is 0 Å². The second-order valence-corrected chi connectivity index (χ2v) is 3.44. The van der Waals surface area contributed by atoms with E-state index in [4.69, 9.17) is 11.1 Å². The average Bonchev–Trinajstić information content (AvgIpc) is 2.39. The van der Waals surface area contributed by atoms with E-state index < -0.39 is 0 Å². The van der Waals surface area contributed by atoms with Gasteiger partial charge in [-0.2, -0.15) is 0 Å². The van der Waals surface area contributed by atoms with Crippen LogP contribution in [-0.4, -0.2) is 12.0 Å². The third kappa shape index (κ3) is 1.16. The van der Waals surface area contributed by atoms with E-state index in [9.17, 15) is 0 Å². The van der Waals surface area contributed by atoms with Gasteiger partial charge in [-0.3, -0.25) is 5.41 Å². The van der Waals surface area contributed by atoms with E-state index in [1.165, 1.54) is 5.56 Å². The summed E-state index contributed by atoms with van der Waals surface area (Å²) >= 11 is 0. The van der Waals surface area contributed by atoms with Gasteiger partial charge in [-0.15, -0.1) is 0 Å². The van der Waals surface area contributed by atoms with Crippen LogP contribution in [0.5, 0.6) is 0 Å². The Morgan fingerprint density at radius 1 is 1.54 bits per heavy atom. The predicted octanol–water partition coefficient (Wildman–Crippen LogP) is 1.33. The first-order chi connectivity index (χ1) is 6.20. The van der Waals surface area contributed by atoms with Gasteiger partial charge in [0.1, 0.15) is 0 Å². The molecule has 13 heavy (non-hydrogen) atoms. The van der Waals surface area contributed by atoms with Crippen molar-refractivity contribution in [3.8, 4) is 0 Å². The highest BCUT2D eigenvalue weighted by atomic mass is 15.3. The molecule has 1 aliphatic heterocycles. The Bertz CT molecular complexity index is 346. The fourth-order valence-electron chi connectivity index (χ4n) is 1.93. The van der Waals surface area contributed by atoms with Crippen LogP contribution in [-0.2, 0) is 6.42 Å². The number of hydrogen-bond donors (Lipinski definition) is 2. The molecule has 1 aliphatic rings. The lowest BCUT2D eigenvalue weighted by Crippen LogP contribution is -2.40. The maximum Gasteiger partial charge on any atom is 0.193 e. The highest BCUT2D eigenvalue weighted by Gasteiger charge is 2.26. The molecule has 3 N–H and O–H groups in total. The van der Waals surface area contributed by atoms with Crippen LogP contribution in [0, 0.1) is 5.41 Å². The summed E-state index contributed by atoms with van der Waals surface area (Å²) in [7, 11) is 0. The molecule has 1 heterocycles. The number of benzene rings is 1. The van der Waals surface area contributed by atoms with Crippen LogP contribution in [0.3, 0.4) is 0 Å². The fraction of sp³-hybridized carbons (Fsp3) is 0.300. The second kappa shape index (κ2) is 2.76. The largest absolute Gasteiger partial charge is 0.370 e. The van der Waals surface area contributed by atoms with Crippen molar-refractivity contribution in [1.82, 2.24) is 0 Å². The van der Waals surface area contributed by atoms with Gasteiger partial charge in [-0.25, -0.2) is 0 Å². The highest BCUT2D eigenvalue weighted by Crippen LogP contribution is 2.30. The quantitative estimate of drug-likeness (QED) is 0.461. The molecule has 0 unspecified atom stereocenters. The average molecular weight is 175 g/mol. The number of nitrogens with one attached hydrogen (secondary N) is 1. The molecule has 3 nitrogen and oxygen atoms in total. The molecule has 0 bridgehead atoms. The molecule has 0 aliphatic carbocycles. The lowest BCUT2D eigenvalue weighted by molar-refractivity contribution is 0.767. The molecule has 0 spiro atoms. The zero-order valence-corrected chi connectivity index (χ0v) is 7.62. The molecule has 1 atom stereocenters. The Kier molecular flexibility index (Phi) is 1.72. The third-order valence-corrected chi connectivity index (χ3v) is 2.47. The van der Waals surface area contributed by atoms with Crippen LogP contribution in [0.25, 0.3) is 0 Å². The predicted molar refractivity (Wildman–Crippen MR) is 54.0 cm³/mol. The SMILES string of the molecule is C[C@@H]1Cc2ccccc2N1C(=N)N. The van der Waals surface area contributed by atoms with Gasteiger partial charge in [0.05, 0.1) is 0 Å². The number of nitrogens with zero attached hydrogens (tertiary/aromatic N) is 1. The number of nitrogens with two attached hydrogens (primary N) is 1. The Morgan fingerprint density at radius 3 is 2.92 bits per heavy atom. The lowest BCUT2D eigenvalue weighted by Gasteiger charge is -2.22. The molecule has 1 aromatic rings. The van der Waals surface area contributed by atoms with Crippen LogP contribution in [0.4, 0.5) is 5.69 Å². The fourth-order valence-corrected chi connectivity index (χ4v) is 1.93. The normalized spacial score (nSPS) is 20.1. The first-order valence-electron chi connectivity index (χ1n) is 4.41. The number of rotatable bonds is 0. The van der Waals surface area contributed by atoms with Crippen molar-refractivity contribution < 1.29 is 0 Å². The maximum absolute atomic E-state index is 7.46. The number of guanidine groups is 1. The summed E-state index contributed by atoms with van der Waals surface area (Å²) in [6.07, 6.45) is 0.982. The summed E-state index contributed by atoms with van der Waals surface area (Å²) in [4.78, 5) is 1.87. The maximum atomic E-state index is 7.46. The van der Waals surface area contributed by atoms with E-state index in [0.29, 0.717) is 6.04 Å². The van der Waals surface area contributed by atoms with E-state index in [0.717, 1.165) is 12.1 Å². The van der Waals surface area contributed by atoms with E-state index in [1.54, 1.807) is 0 Å². The van der Waals surface area contributed by atoms with Gasteiger partial charge in [0.15, 0.2) is 5.96 Å². The van der Waals surface area contributed by atoms with Gasteiger partial charge in [0.25, 0.3) is 0 Å². The lowest BCUT2D eigenvalue weighted by atomic mass is 10.1. The second-order valence-electron chi connectivity index (χ2n) is 3.44. The summed E-state index contributed by atoms with van der Waals surface area (Å²) in [6.45, 7) is 2.08. The molecular formula is C10H13N3. The molecule has 68 valence electrons. The Hall–Kier alpha value is -1.51. The minimum atomic E-state index is 0.137. The van der Waals surface area contributed by atoms with Crippen molar-refractivity contribution in [2.24, 2.45) is 5.73 Å². The minimum absolute atomic E-state index is 0.137. The molecular weight excluding hydrogens is 162 g/mol. The van der Waals surface area contributed by atoms with Crippen molar-refractivity contribution >= 4 is 11.6 Å².